The first-order valence-electron chi connectivity index (χ1n) is 9.29. The summed E-state index contributed by atoms with van der Waals surface area (Å²) in [6.45, 7) is 1.46. The Morgan fingerprint density at radius 2 is 2.11 bits per heavy atom. The van der Waals surface area contributed by atoms with Crippen molar-refractivity contribution in [3.05, 3.63) is 53.6 Å². The van der Waals surface area contributed by atoms with Crippen molar-refractivity contribution < 1.29 is 4.39 Å². The van der Waals surface area contributed by atoms with E-state index in [0.29, 0.717) is 6.54 Å². The molecule has 1 saturated carbocycles. The van der Waals surface area contributed by atoms with Crippen molar-refractivity contribution in [3.8, 4) is 0 Å². The van der Waals surface area contributed by atoms with Gasteiger partial charge in [0.2, 0.25) is 0 Å². The van der Waals surface area contributed by atoms with Gasteiger partial charge in [0.25, 0.3) is 0 Å². The maximum absolute atomic E-state index is 13.6. The normalized spacial score (nSPS) is 16.4. The molecule has 2 aromatic rings. The molecule has 2 N–H and O–H groups in total. The summed E-state index contributed by atoms with van der Waals surface area (Å²) in [6, 6.07) is 7.13. The lowest BCUT2D eigenvalue weighted by Gasteiger charge is -2.25. The highest BCUT2D eigenvalue weighted by molar-refractivity contribution is 14.0. The lowest BCUT2D eigenvalue weighted by atomic mass is 9.96. The molecule has 0 radical (unpaired) electrons. The Morgan fingerprint density at radius 3 is 2.64 bits per heavy atom. The summed E-state index contributed by atoms with van der Waals surface area (Å²) in [4.78, 5) is 6.50. The molecule has 1 aliphatic rings. The Bertz CT molecular complexity index is 799. The molecule has 0 amide bonds. The SMILES string of the molecule is CN=C(NCC(c1cnn(C)c1)N(C)C)NCC1(c2cccc(F)c2)CC1.I. The molecule has 1 aromatic heterocycles. The first-order chi connectivity index (χ1) is 12.9. The number of aryl methyl sites for hydroxylation is 1. The Kier molecular flexibility index (Phi) is 7.82. The molecule has 0 spiro atoms. The summed E-state index contributed by atoms with van der Waals surface area (Å²) < 4.78 is 15.4. The van der Waals surface area contributed by atoms with Gasteiger partial charge < -0.3 is 15.5 Å². The summed E-state index contributed by atoms with van der Waals surface area (Å²) >= 11 is 0. The van der Waals surface area contributed by atoms with Crippen LogP contribution in [-0.4, -0.2) is 54.9 Å². The number of nitrogens with one attached hydrogen (secondary N) is 2. The minimum atomic E-state index is -0.174. The monoisotopic (exact) mass is 500 g/mol. The van der Waals surface area contributed by atoms with Gasteiger partial charge in [-0.3, -0.25) is 9.67 Å². The van der Waals surface area contributed by atoms with Crippen LogP contribution >= 0.6 is 24.0 Å². The smallest absolute Gasteiger partial charge is 0.191 e. The zero-order chi connectivity index (χ0) is 19.4. The molecular weight excluding hydrogens is 470 g/mol. The zero-order valence-electron chi connectivity index (χ0n) is 16.9. The van der Waals surface area contributed by atoms with E-state index >= 15 is 0 Å². The molecule has 1 aliphatic carbocycles. The van der Waals surface area contributed by atoms with Crippen LogP contribution in [0.15, 0.2) is 41.7 Å². The first-order valence-corrected chi connectivity index (χ1v) is 9.29. The van der Waals surface area contributed by atoms with Crippen LogP contribution in [0.4, 0.5) is 4.39 Å². The van der Waals surface area contributed by atoms with Gasteiger partial charge in [-0.25, -0.2) is 4.39 Å². The third-order valence-electron chi connectivity index (χ3n) is 5.30. The van der Waals surface area contributed by atoms with Crippen LogP contribution in [0.3, 0.4) is 0 Å². The Labute approximate surface area is 183 Å². The first kappa shape index (κ1) is 22.6. The highest BCUT2D eigenvalue weighted by atomic mass is 127. The van der Waals surface area contributed by atoms with Crippen molar-refractivity contribution >= 4 is 29.9 Å². The number of likely N-dealkylation sites (N-methyl/N-ethyl adjacent to an activating group) is 1. The van der Waals surface area contributed by atoms with Gasteiger partial charge in [0, 0.05) is 44.4 Å². The molecule has 3 rings (SSSR count). The average Bonchev–Trinajstić information content (AvgIpc) is 3.32. The van der Waals surface area contributed by atoms with Crippen LogP contribution in [0.2, 0.25) is 0 Å². The van der Waals surface area contributed by atoms with Gasteiger partial charge in [-0.15, -0.1) is 24.0 Å². The van der Waals surface area contributed by atoms with Crippen LogP contribution in [0, 0.1) is 5.82 Å². The Hall–Kier alpha value is -1.68. The van der Waals surface area contributed by atoms with Crippen molar-refractivity contribution in [1.82, 2.24) is 25.3 Å². The zero-order valence-corrected chi connectivity index (χ0v) is 19.3. The van der Waals surface area contributed by atoms with E-state index < -0.39 is 0 Å². The number of halogens is 2. The fourth-order valence-corrected chi connectivity index (χ4v) is 3.41. The highest BCUT2D eigenvalue weighted by Gasteiger charge is 2.44. The standard InChI is InChI=1S/C20H29FN6.HI/c1-22-19(23-12-18(26(2)3)15-11-25-27(4)13-15)24-14-20(8-9-20)16-6-5-7-17(21)10-16;/h5-7,10-11,13,18H,8-9,12,14H2,1-4H3,(H2,22,23,24);1H. The van der Waals surface area contributed by atoms with Crippen molar-refractivity contribution in [1.29, 1.82) is 0 Å². The molecule has 1 unspecified atom stereocenters. The summed E-state index contributed by atoms with van der Waals surface area (Å²) in [5.41, 5.74) is 2.24. The van der Waals surface area contributed by atoms with Crippen LogP contribution in [-0.2, 0) is 12.5 Å². The summed E-state index contributed by atoms with van der Waals surface area (Å²) in [5, 5.41) is 11.1. The molecule has 154 valence electrons. The largest absolute Gasteiger partial charge is 0.356 e. The minimum absolute atomic E-state index is 0. The van der Waals surface area contributed by atoms with Crippen molar-refractivity contribution in [2.75, 3.05) is 34.2 Å². The van der Waals surface area contributed by atoms with E-state index in [2.05, 4.69) is 39.7 Å². The predicted octanol–water partition coefficient (Wildman–Crippen LogP) is 2.68. The average molecular weight is 500 g/mol. The van der Waals surface area contributed by atoms with Gasteiger partial charge in [0.05, 0.1) is 12.2 Å². The van der Waals surface area contributed by atoms with Crippen molar-refractivity contribution in [2.24, 2.45) is 12.0 Å². The molecule has 1 aromatic carbocycles. The third kappa shape index (κ3) is 5.44. The van der Waals surface area contributed by atoms with Gasteiger partial charge in [-0.1, -0.05) is 12.1 Å². The summed E-state index contributed by atoms with van der Waals surface area (Å²) in [6.07, 6.45) is 6.06. The Morgan fingerprint density at radius 1 is 1.36 bits per heavy atom. The Balaban J connectivity index is 0.00000280. The van der Waals surface area contributed by atoms with Gasteiger partial charge >= 0.3 is 0 Å². The van der Waals surface area contributed by atoms with Gasteiger partial charge in [-0.2, -0.15) is 5.10 Å². The molecular formula is C20H30FIN6. The maximum Gasteiger partial charge on any atom is 0.191 e. The summed E-state index contributed by atoms with van der Waals surface area (Å²) in [7, 11) is 7.80. The molecule has 0 bridgehead atoms. The maximum atomic E-state index is 13.6. The number of aliphatic imine (C=N–C) groups is 1. The van der Waals surface area contributed by atoms with E-state index in [0.717, 1.165) is 36.5 Å². The second-order valence-corrected chi connectivity index (χ2v) is 7.52. The van der Waals surface area contributed by atoms with E-state index in [-0.39, 0.29) is 41.3 Å². The van der Waals surface area contributed by atoms with E-state index in [1.54, 1.807) is 19.2 Å². The summed E-state index contributed by atoms with van der Waals surface area (Å²) in [5.74, 6) is 0.583. The molecule has 1 atom stereocenters. The van der Waals surface area contributed by atoms with E-state index in [9.17, 15) is 4.39 Å². The second-order valence-electron chi connectivity index (χ2n) is 7.52. The van der Waals surface area contributed by atoms with Crippen molar-refractivity contribution in [3.63, 3.8) is 0 Å². The predicted molar refractivity (Wildman–Crippen MR) is 122 cm³/mol. The number of hydrogen-bond donors (Lipinski definition) is 2. The molecule has 1 fully saturated rings. The number of hydrogen-bond acceptors (Lipinski definition) is 3. The number of guanidine groups is 1. The lowest BCUT2D eigenvalue weighted by molar-refractivity contribution is 0.298. The molecule has 6 nitrogen and oxygen atoms in total. The number of rotatable bonds is 7. The van der Waals surface area contributed by atoms with Gasteiger partial charge in [0.15, 0.2) is 5.96 Å². The molecule has 28 heavy (non-hydrogen) atoms. The highest BCUT2D eigenvalue weighted by Crippen LogP contribution is 2.47. The molecule has 0 saturated heterocycles. The van der Waals surface area contributed by atoms with Crippen molar-refractivity contribution in [2.45, 2.75) is 24.3 Å². The van der Waals surface area contributed by atoms with Crippen LogP contribution in [0.25, 0.3) is 0 Å². The minimum Gasteiger partial charge on any atom is -0.356 e. The number of benzene rings is 1. The quantitative estimate of drug-likeness (QED) is 0.349. The molecule has 8 heteroatoms. The van der Waals surface area contributed by atoms with Crippen LogP contribution in [0.5, 0.6) is 0 Å². The lowest BCUT2D eigenvalue weighted by Crippen LogP contribution is -2.44. The molecule has 1 heterocycles. The fraction of sp³-hybridized carbons (Fsp3) is 0.500. The van der Waals surface area contributed by atoms with E-state index in [4.69, 9.17) is 0 Å². The third-order valence-corrected chi connectivity index (χ3v) is 5.30. The van der Waals surface area contributed by atoms with Gasteiger partial charge in [0.1, 0.15) is 5.82 Å². The van der Waals surface area contributed by atoms with Gasteiger partial charge in [-0.05, 0) is 44.6 Å². The van der Waals surface area contributed by atoms with E-state index in [1.165, 1.54) is 6.07 Å². The van der Waals surface area contributed by atoms with Crippen LogP contribution in [0.1, 0.15) is 30.0 Å². The van der Waals surface area contributed by atoms with E-state index in [1.807, 2.05) is 30.2 Å². The second kappa shape index (κ2) is 9.69. The number of nitrogens with zero attached hydrogens (tertiary/aromatic N) is 4. The topological polar surface area (TPSA) is 57.5 Å². The van der Waals surface area contributed by atoms with Crippen LogP contribution < -0.4 is 10.6 Å². The fourth-order valence-electron chi connectivity index (χ4n) is 3.41. The number of aromatic nitrogens is 2. The molecule has 0 aliphatic heterocycles.